The van der Waals surface area contributed by atoms with Gasteiger partial charge in [-0.15, -0.1) is 0 Å². The zero-order valence-corrected chi connectivity index (χ0v) is 39.8. The molecule has 0 atom stereocenters. The van der Waals surface area contributed by atoms with E-state index in [1.807, 2.05) is 0 Å². The first kappa shape index (κ1) is 51.6. The van der Waals surface area contributed by atoms with E-state index in [-0.39, 0.29) is 22.4 Å². The number of ether oxygens (including phenoxy) is 4. The van der Waals surface area contributed by atoms with Gasteiger partial charge in [-0.3, -0.25) is 0 Å². The molecule has 0 aromatic heterocycles. The Labute approximate surface area is 316 Å². The fraction of sp³-hybridized carbons (Fsp3) is 0.860. The van der Waals surface area contributed by atoms with Crippen LogP contribution in [0.15, 0.2) is 24.3 Å². The van der Waals surface area contributed by atoms with Gasteiger partial charge >= 0.3 is 0 Å². The van der Waals surface area contributed by atoms with Crippen LogP contribution in [0, 0.1) is 11.8 Å². The molecule has 2 rings (SSSR count). The Hall–Kier alpha value is -0.546. The second kappa shape index (κ2) is 22.6. The van der Waals surface area contributed by atoms with E-state index >= 15 is 0 Å². The highest BCUT2D eigenvalue weighted by Gasteiger charge is 2.46. The van der Waals surface area contributed by atoms with Crippen LogP contribution in [0.2, 0.25) is 38.3 Å². The largest absolute Gasteiger partial charge is 0.376 e. The topological polar surface area (TPSA) is 40.2 Å². The average Bonchev–Trinajstić information content (AvgIpc) is 3.12. The van der Waals surface area contributed by atoms with Crippen molar-refractivity contribution in [2.45, 2.75) is 204 Å². The molecule has 1 aromatic carbocycles. The second-order valence-electron chi connectivity index (χ2n) is 20.5. The molecule has 0 unspecified atom stereocenters. The molecule has 0 spiro atoms. The molecule has 1 fully saturated rings. The number of rotatable bonds is 11. The molecule has 298 valence electrons. The van der Waals surface area contributed by atoms with Crippen molar-refractivity contribution in [2.75, 3.05) is 26.4 Å². The lowest BCUT2D eigenvalue weighted by molar-refractivity contribution is -0.0168. The number of hydrogen-bond acceptors (Lipinski definition) is 5. The lowest BCUT2D eigenvalue weighted by Gasteiger charge is -2.39. The Morgan fingerprint density at radius 3 is 1.28 bits per heavy atom. The number of benzene rings is 1. The first-order valence-electron chi connectivity index (χ1n) is 19.7. The van der Waals surface area contributed by atoms with E-state index in [0.717, 1.165) is 38.7 Å². The maximum atomic E-state index is 5.88. The third kappa shape index (κ3) is 30.0. The molecule has 7 heteroatoms. The van der Waals surface area contributed by atoms with E-state index in [0.29, 0.717) is 18.4 Å². The average molecular weight is 740 g/mol. The van der Waals surface area contributed by atoms with Crippen LogP contribution in [0.1, 0.15) is 148 Å². The van der Waals surface area contributed by atoms with Crippen LogP contribution in [0.25, 0.3) is 0 Å². The summed E-state index contributed by atoms with van der Waals surface area (Å²) in [4.78, 5) is 0. The molecular weight excluding hydrogens is 651 g/mol. The molecule has 1 aliphatic rings. The van der Waals surface area contributed by atoms with Crippen molar-refractivity contribution in [1.29, 1.82) is 0 Å². The maximum Gasteiger partial charge on any atom is 0.115 e. The van der Waals surface area contributed by atoms with Gasteiger partial charge in [0.25, 0.3) is 0 Å². The molecule has 0 amide bonds. The van der Waals surface area contributed by atoms with E-state index in [2.05, 4.69) is 179 Å². The highest BCUT2D eigenvalue weighted by atomic mass is 28.4. The fourth-order valence-electron chi connectivity index (χ4n) is 5.07. The van der Waals surface area contributed by atoms with E-state index in [1.54, 1.807) is 0 Å². The summed E-state index contributed by atoms with van der Waals surface area (Å²) in [5.74, 6) is 1.99. The van der Waals surface area contributed by atoms with Crippen LogP contribution in [0.5, 0.6) is 0 Å². The number of nitrogens with zero attached hydrogens (tertiary/aromatic N) is 1. The lowest BCUT2D eigenvalue weighted by atomic mass is 10.0. The van der Waals surface area contributed by atoms with Gasteiger partial charge in [0.2, 0.25) is 0 Å². The molecule has 0 N–H and O–H groups in total. The Morgan fingerprint density at radius 2 is 0.960 bits per heavy atom. The second-order valence-corrected chi connectivity index (χ2v) is 30.3. The summed E-state index contributed by atoms with van der Waals surface area (Å²) in [6.45, 7) is 52.9. The van der Waals surface area contributed by atoms with E-state index in [4.69, 9.17) is 18.9 Å². The molecule has 1 aliphatic heterocycles. The molecule has 0 saturated carbocycles. The minimum absolute atomic E-state index is 0.0110. The highest BCUT2D eigenvalue weighted by Crippen LogP contribution is 2.36. The van der Waals surface area contributed by atoms with E-state index in [9.17, 15) is 0 Å². The SMILES string of the molecule is CC(C)(C)OCCN1[Si](C)(C)CC[Si]1(C)C.CC(C)CCOC(C)(C)C.CC(C)COC(C)(C)C.CC(C)c1ccc(COC(C)(C)C)cc1. The maximum absolute atomic E-state index is 5.88. The monoisotopic (exact) mass is 740 g/mol. The number of hydrogen-bond donors (Lipinski definition) is 0. The highest BCUT2D eigenvalue weighted by molar-refractivity contribution is 6.95. The quantitative estimate of drug-likeness (QED) is 0.211. The van der Waals surface area contributed by atoms with Crippen molar-refractivity contribution < 1.29 is 18.9 Å². The smallest absolute Gasteiger partial charge is 0.115 e. The first-order chi connectivity index (χ1) is 22.3. The summed E-state index contributed by atoms with van der Waals surface area (Å²) in [7, 11) is -2.17. The van der Waals surface area contributed by atoms with Gasteiger partial charge in [-0.05, 0) is 130 Å². The summed E-state index contributed by atoms with van der Waals surface area (Å²) in [5.41, 5.74) is 2.65. The van der Waals surface area contributed by atoms with Gasteiger partial charge in [0.1, 0.15) is 16.5 Å². The molecule has 1 aromatic rings. The third-order valence-electron chi connectivity index (χ3n) is 8.06. The molecule has 0 radical (unpaired) electrons. The molecule has 5 nitrogen and oxygen atoms in total. The minimum atomic E-state index is -1.09. The normalized spacial score (nSPS) is 16.4. The van der Waals surface area contributed by atoms with Crippen LogP contribution in [-0.2, 0) is 25.6 Å². The lowest BCUT2D eigenvalue weighted by Crippen LogP contribution is -2.56. The third-order valence-corrected chi connectivity index (χ3v) is 18.5. The van der Waals surface area contributed by atoms with Gasteiger partial charge in [0.15, 0.2) is 0 Å². The predicted molar refractivity (Wildman–Crippen MR) is 228 cm³/mol. The van der Waals surface area contributed by atoms with Crippen LogP contribution in [0.3, 0.4) is 0 Å². The summed E-state index contributed by atoms with van der Waals surface area (Å²) in [6.07, 6.45) is 1.16. The van der Waals surface area contributed by atoms with Gasteiger partial charge in [0.05, 0.1) is 35.6 Å². The summed E-state index contributed by atoms with van der Waals surface area (Å²) < 4.78 is 25.5. The standard InChI is InChI=1S/C14H22O.C12H29NOSi2.C9H20O.C8H18O/c1-11(2)13-8-6-12(7-9-13)10-15-14(3,4)5;1-12(2,3)14-9-8-13-15(4,5)10-11-16(13,6)7;1-8(2)6-7-10-9(3,4)5;1-7(2)6-9-8(3,4)5/h6-9,11H,10H2,1-5H3;8-11H2,1-7H3;8H,6-7H2,1-5H3;7H,6H2,1-5H3. The van der Waals surface area contributed by atoms with Gasteiger partial charge < -0.3 is 23.2 Å². The molecule has 1 saturated heterocycles. The molecule has 0 bridgehead atoms. The molecular formula is C43H89NO4Si2. The zero-order valence-electron chi connectivity index (χ0n) is 37.8. The minimum Gasteiger partial charge on any atom is -0.376 e. The van der Waals surface area contributed by atoms with Crippen molar-refractivity contribution in [3.8, 4) is 0 Å². The Morgan fingerprint density at radius 1 is 0.560 bits per heavy atom. The zero-order chi connectivity index (χ0) is 39.8. The first-order valence-corrected chi connectivity index (χ1v) is 26.0. The Bertz CT molecular complexity index is 976. The van der Waals surface area contributed by atoms with Crippen LogP contribution >= 0.6 is 0 Å². The van der Waals surface area contributed by atoms with Gasteiger partial charge in [0, 0.05) is 19.8 Å². The van der Waals surface area contributed by atoms with Crippen molar-refractivity contribution in [1.82, 2.24) is 4.23 Å². The molecule has 1 heterocycles. The van der Waals surface area contributed by atoms with Gasteiger partial charge in [-0.2, -0.15) is 0 Å². The molecule has 50 heavy (non-hydrogen) atoms. The van der Waals surface area contributed by atoms with E-state index < -0.39 is 16.5 Å². The fourth-order valence-corrected chi connectivity index (χ4v) is 19.1. The van der Waals surface area contributed by atoms with Crippen LogP contribution in [0.4, 0.5) is 0 Å². The van der Waals surface area contributed by atoms with E-state index in [1.165, 1.54) is 23.2 Å². The van der Waals surface area contributed by atoms with Crippen molar-refractivity contribution >= 4 is 16.5 Å². The Kier molecular flexibility index (Phi) is 23.3. The van der Waals surface area contributed by atoms with Crippen molar-refractivity contribution in [3.63, 3.8) is 0 Å². The van der Waals surface area contributed by atoms with Gasteiger partial charge in [-0.25, -0.2) is 0 Å². The van der Waals surface area contributed by atoms with Crippen LogP contribution in [-0.4, -0.2) is 69.5 Å². The summed E-state index contributed by atoms with van der Waals surface area (Å²) in [5, 5.41) is 0. The summed E-state index contributed by atoms with van der Waals surface area (Å²) in [6, 6.07) is 11.7. The van der Waals surface area contributed by atoms with Crippen molar-refractivity contribution in [2.24, 2.45) is 11.8 Å². The predicted octanol–water partition coefficient (Wildman–Crippen LogP) is 13.0. The summed E-state index contributed by atoms with van der Waals surface area (Å²) >= 11 is 0. The molecule has 0 aliphatic carbocycles. The van der Waals surface area contributed by atoms with Gasteiger partial charge in [-0.1, -0.05) is 92.0 Å². The van der Waals surface area contributed by atoms with Crippen molar-refractivity contribution in [3.05, 3.63) is 35.4 Å². The Balaban J connectivity index is 0. The van der Waals surface area contributed by atoms with Crippen LogP contribution < -0.4 is 0 Å².